The Kier molecular flexibility index (Phi) is 5.40. The summed E-state index contributed by atoms with van der Waals surface area (Å²) >= 11 is 5.87. The van der Waals surface area contributed by atoms with E-state index in [1.807, 2.05) is 6.07 Å². The van der Waals surface area contributed by atoms with Gasteiger partial charge < -0.3 is 4.74 Å². The maximum Gasteiger partial charge on any atom is 0.352 e. The molecule has 32 heavy (non-hydrogen) atoms. The van der Waals surface area contributed by atoms with Crippen LogP contribution in [-0.4, -0.2) is 54.3 Å². The Hall–Kier alpha value is -2.88. The monoisotopic (exact) mass is 456 g/mol. The summed E-state index contributed by atoms with van der Waals surface area (Å²) in [5.41, 5.74) is 1.75. The lowest BCUT2D eigenvalue weighted by Crippen LogP contribution is -2.44. The van der Waals surface area contributed by atoms with E-state index in [0.29, 0.717) is 33.8 Å². The molecule has 1 fully saturated rings. The van der Waals surface area contributed by atoms with Crippen LogP contribution in [0.4, 0.5) is 4.39 Å². The summed E-state index contributed by atoms with van der Waals surface area (Å²) in [6, 6.07) is 6.37. The summed E-state index contributed by atoms with van der Waals surface area (Å²) < 4.78 is 22.9. The fraction of sp³-hybridized carbons (Fsp3) is 0.364. The molecular formula is C22H22ClFN6O2. The Morgan fingerprint density at radius 2 is 1.91 bits per heavy atom. The standard InChI is InChI=1S/C22H22ClFN6O2/c1-13-8-28(9-14(2)32-13)10-15-5-18-20(25-7-15)29(22(31)30-21(18)26-12-27-30)11-16-3-4-17(23)6-19(16)24/h3-7,12-14H,8-11H2,1-2H3/t13-,14+. The molecule has 0 bridgehead atoms. The van der Waals surface area contributed by atoms with Gasteiger partial charge in [0.05, 0.1) is 24.1 Å². The number of hydrogen-bond donors (Lipinski definition) is 0. The van der Waals surface area contributed by atoms with Crippen molar-refractivity contribution in [3.63, 3.8) is 0 Å². The molecule has 10 heteroatoms. The lowest BCUT2D eigenvalue weighted by Gasteiger charge is -2.35. The highest BCUT2D eigenvalue weighted by Gasteiger charge is 2.23. The molecule has 166 valence electrons. The van der Waals surface area contributed by atoms with E-state index in [1.54, 1.807) is 18.3 Å². The molecule has 1 saturated heterocycles. The number of rotatable bonds is 4. The van der Waals surface area contributed by atoms with Gasteiger partial charge in [-0.1, -0.05) is 17.7 Å². The second-order valence-corrected chi connectivity index (χ2v) is 8.70. The predicted octanol–water partition coefficient (Wildman–Crippen LogP) is 2.89. The Bertz CT molecular complexity index is 1360. The number of hydrogen-bond acceptors (Lipinski definition) is 6. The van der Waals surface area contributed by atoms with Crippen molar-refractivity contribution in [1.29, 1.82) is 0 Å². The zero-order valence-electron chi connectivity index (χ0n) is 17.7. The lowest BCUT2D eigenvalue weighted by atomic mass is 10.1. The molecule has 8 nitrogen and oxygen atoms in total. The van der Waals surface area contributed by atoms with Crippen LogP contribution in [0.1, 0.15) is 25.0 Å². The third kappa shape index (κ3) is 3.87. The zero-order chi connectivity index (χ0) is 22.4. The first kappa shape index (κ1) is 21.0. The summed E-state index contributed by atoms with van der Waals surface area (Å²) in [5.74, 6) is -0.483. The molecule has 4 aromatic rings. The summed E-state index contributed by atoms with van der Waals surface area (Å²) in [4.78, 5) is 24.3. The van der Waals surface area contributed by atoms with Gasteiger partial charge in [-0.05, 0) is 37.6 Å². The number of morpholine rings is 1. The van der Waals surface area contributed by atoms with Gasteiger partial charge in [0.25, 0.3) is 0 Å². The van der Waals surface area contributed by atoms with Gasteiger partial charge in [0.1, 0.15) is 17.8 Å². The molecule has 0 amide bonds. The number of halogens is 2. The quantitative estimate of drug-likeness (QED) is 0.470. The number of benzene rings is 1. The first-order valence-corrected chi connectivity index (χ1v) is 10.8. The first-order chi connectivity index (χ1) is 15.4. The second kappa shape index (κ2) is 8.23. The number of pyridine rings is 1. The second-order valence-electron chi connectivity index (χ2n) is 8.27. The number of fused-ring (bicyclic) bond motifs is 3. The largest absolute Gasteiger partial charge is 0.373 e. The minimum absolute atomic E-state index is 0.00102. The van der Waals surface area contributed by atoms with Gasteiger partial charge in [0.15, 0.2) is 5.65 Å². The van der Waals surface area contributed by atoms with Crippen molar-refractivity contribution in [2.75, 3.05) is 13.1 Å². The van der Waals surface area contributed by atoms with Crippen molar-refractivity contribution >= 4 is 28.3 Å². The van der Waals surface area contributed by atoms with Crippen LogP contribution in [0.15, 0.2) is 41.6 Å². The number of aromatic nitrogens is 5. The van der Waals surface area contributed by atoms with Crippen LogP contribution in [0.2, 0.25) is 5.02 Å². The minimum Gasteiger partial charge on any atom is -0.373 e. The predicted molar refractivity (Wildman–Crippen MR) is 118 cm³/mol. The fourth-order valence-electron chi connectivity index (χ4n) is 4.37. The Labute approximate surface area is 188 Å². The molecule has 1 aromatic carbocycles. The van der Waals surface area contributed by atoms with Gasteiger partial charge in [-0.25, -0.2) is 19.2 Å². The fourth-order valence-corrected chi connectivity index (χ4v) is 4.53. The van der Waals surface area contributed by atoms with Crippen LogP contribution in [0.5, 0.6) is 0 Å². The lowest BCUT2D eigenvalue weighted by molar-refractivity contribution is -0.0705. The first-order valence-electron chi connectivity index (χ1n) is 10.4. The van der Waals surface area contributed by atoms with Crippen LogP contribution < -0.4 is 5.69 Å². The molecule has 0 saturated carbocycles. The van der Waals surface area contributed by atoms with E-state index in [4.69, 9.17) is 16.3 Å². The van der Waals surface area contributed by atoms with Gasteiger partial charge in [-0.2, -0.15) is 9.61 Å². The Morgan fingerprint density at radius 1 is 1.12 bits per heavy atom. The molecule has 3 aromatic heterocycles. The molecule has 0 N–H and O–H groups in total. The van der Waals surface area contributed by atoms with E-state index in [2.05, 4.69) is 33.8 Å². The van der Waals surface area contributed by atoms with Crippen molar-refractivity contribution in [1.82, 2.24) is 29.0 Å². The summed E-state index contributed by atoms with van der Waals surface area (Å²) in [6.45, 7) is 6.49. The highest BCUT2D eigenvalue weighted by atomic mass is 35.5. The van der Waals surface area contributed by atoms with E-state index < -0.39 is 11.5 Å². The SMILES string of the molecule is C[C@@H]1CN(Cc2cnc3c(c2)c2ncnn2c(=O)n3Cc2ccc(Cl)cc2F)C[C@H](C)O1. The minimum atomic E-state index is -0.483. The van der Waals surface area contributed by atoms with Crippen LogP contribution in [0.25, 0.3) is 16.7 Å². The Morgan fingerprint density at radius 3 is 2.66 bits per heavy atom. The van der Waals surface area contributed by atoms with Crippen molar-refractivity contribution < 1.29 is 9.13 Å². The molecule has 1 aliphatic heterocycles. The zero-order valence-corrected chi connectivity index (χ0v) is 18.5. The molecule has 0 spiro atoms. The average molecular weight is 457 g/mol. The molecule has 0 aliphatic carbocycles. The normalized spacial score (nSPS) is 19.8. The summed E-state index contributed by atoms with van der Waals surface area (Å²) in [7, 11) is 0. The molecular weight excluding hydrogens is 435 g/mol. The highest BCUT2D eigenvalue weighted by Crippen LogP contribution is 2.21. The van der Waals surface area contributed by atoms with Crippen molar-refractivity contribution in [3.05, 3.63) is 69.2 Å². The smallest absolute Gasteiger partial charge is 0.352 e. The topological polar surface area (TPSA) is 77.6 Å². The van der Waals surface area contributed by atoms with E-state index in [0.717, 1.165) is 18.7 Å². The van der Waals surface area contributed by atoms with Crippen molar-refractivity contribution in [3.8, 4) is 0 Å². The number of ether oxygens (including phenoxy) is 1. The molecule has 4 heterocycles. The summed E-state index contributed by atoms with van der Waals surface area (Å²) in [6.07, 6.45) is 3.42. The molecule has 1 aliphatic rings. The van der Waals surface area contributed by atoms with Gasteiger partial charge in [-0.15, -0.1) is 0 Å². The van der Waals surface area contributed by atoms with E-state index >= 15 is 0 Å². The van der Waals surface area contributed by atoms with Crippen LogP contribution >= 0.6 is 11.6 Å². The Balaban J connectivity index is 1.58. The average Bonchev–Trinajstić information content (AvgIpc) is 3.22. The van der Waals surface area contributed by atoms with E-state index in [1.165, 1.54) is 21.5 Å². The van der Waals surface area contributed by atoms with E-state index in [-0.39, 0.29) is 18.8 Å². The molecule has 0 radical (unpaired) electrons. The van der Waals surface area contributed by atoms with Gasteiger partial charge in [0.2, 0.25) is 0 Å². The van der Waals surface area contributed by atoms with E-state index in [9.17, 15) is 9.18 Å². The van der Waals surface area contributed by atoms with Crippen LogP contribution in [-0.2, 0) is 17.8 Å². The number of nitrogens with zero attached hydrogens (tertiary/aromatic N) is 6. The van der Waals surface area contributed by atoms with Crippen molar-refractivity contribution in [2.24, 2.45) is 0 Å². The third-order valence-corrected chi connectivity index (χ3v) is 5.86. The third-order valence-electron chi connectivity index (χ3n) is 5.62. The van der Waals surface area contributed by atoms with Gasteiger partial charge in [-0.3, -0.25) is 9.47 Å². The maximum atomic E-state index is 14.4. The molecule has 0 unspecified atom stereocenters. The maximum absolute atomic E-state index is 14.4. The van der Waals surface area contributed by atoms with Crippen molar-refractivity contribution in [2.45, 2.75) is 39.1 Å². The summed E-state index contributed by atoms with van der Waals surface area (Å²) in [5, 5.41) is 5.05. The van der Waals surface area contributed by atoms with Crippen LogP contribution in [0, 0.1) is 5.82 Å². The molecule has 5 rings (SSSR count). The highest BCUT2D eigenvalue weighted by molar-refractivity contribution is 6.30. The van der Waals surface area contributed by atoms with Gasteiger partial charge in [0, 0.05) is 36.4 Å². The molecule has 2 atom stereocenters. The van der Waals surface area contributed by atoms with Crippen LogP contribution in [0.3, 0.4) is 0 Å². The van der Waals surface area contributed by atoms with Gasteiger partial charge >= 0.3 is 5.69 Å².